The topological polar surface area (TPSA) is 128 Å². The number of hydrogen-bond donors (Lipinski definition) is 2. The second kappa shape index (κ2) is 6.33. The molecule has 0 spiro atoms. The smallest absolute Gasteiger partial charge is 0.271 e. The van der Waals surface area contributed by atoms with Gasteiger partial charge in [-0.3, -0.25) is 15.5 Å². The SMILES string of the molecule is CC1=C/C(=N\Nc2ccc(S(N)(=O)=O)cc2[N+](=O)[O-])CC(C)(C)C1. The van der Waals surface area contributed by atoms with Crippen molar-refractivity contribution in [2.24, 2.45) is 15.7 Å². The molecule has 0 saturated heterocycles. The van der Waals surface area contributed by atoms with E-state index in [0.29, 0.717) is 0 Å². The Bertz CT molecular complexity index is 841. The molecule has 0 saturated carbocycles. The summed E-state index contributed by atoms with van der Waals surface area (Å²) in [5, 5.41) is 20.4. The van der Waals surface area contributed by atoms with Crippen molar-refractivity contribution >= 4 is 27.1 Å². The van der Waals surface area contributed by atoms with Gasteiger partial charge in [-0.25, -0.2) is 13.6 Å². The van der Waals surface area contributed by atoms with Crippen LogP contribution in [0.3, 0.4) is 0 Å². The summed E-state index contributed by atoms with van der Waals surface area (Å²) in [4.78, 5) is 10.2. The van der Waals surface area contributed by atoms with Gasteiger partial charge in [-0.15, -0.1) is 0 Å². The van der Waals surface area contributed by atoms with Gasteiger partial charge in [-0.05, 0) is 43.4 Å². The summed E-state index contributed by atoms with van der Waals surface area (Å²) in [7, 11) is -4.01. The molecule has 130 valence electrons. The normalized spacial score (nSPS) is 19.0. The van der Waals surface area contributed by atoms with Crippen LogP contribution in [0.2, 0.25) is 0 Å². The molecule has 2 rings (SSSR count). The van der Waals surface area contributed by atoms with E-state index in [2.05, 4.69) is 24.4 Å². The molecule has 0 bridgehead atoms. The molecule has 0 aromatic heterocycles. The van der Waals surface area contributed by atoms with Crippen LogP contribution >= 0.6 is 0 Å². The van der Waals surface area contributed by atoms with Crippen LogP contribution < -0.4 is 10.6 Å². The van der Waals surface area contributed by atoms with E-state index in [4.69, 9.17) is 5.14 Å². The van der Waals surface area contributed by atoms with E-state index in [1.807, 2.05) is 13.0 Å². The minimum Gasteiger partial charge on any atom is -0.271 e. The maximum absolute atomic E-state index is 11.3. The van der Waals surface area contributed by atoms with Crippen LogP contribution in [0.4, 0.5) is 11.4 Å². The summed E-state index contributed by atoms with van der Waals surface area (Å²) in [5.41, 5.74) is 4.42. The third kappa shape index (κ3) is 4.39. The molecule has 0 aliphatic heterocycles. The highest BCUT2D eigenvalue weighted by Gasteiger charge is 2.25. The summed E-state index contributed by atoms with van der Waals surface area (Å²) in [5.74, 6) is 0. The van der Waals surface area contributed by atoms with Crippen molar-refractivity contribution in [3.63, 3.8) is 0 Å². The van der Waals surface area contributed by atoms with Gasteiger partial charge in [0.25, 0.3) is 5.69 Å². The number of primary sulfonamides is 1. The molecule has 1 aliphatic rings. The van der Waals surface area contributed by atoms with Crippen molar-refractivity contribution in [3.05, 3.63) is 40.0 Å². The molecule has 3 N–H and O–H groups in total. The predicted molar refractivity (Wildman–Crippen MR) is 92.3 cm³/mol. The third-order valence-electron chi connectivity index (χ3n) is 3.64. The van der Waals surface area contributed by atoms with Gasteiger partial charge in [-0.2, -0.15) is 5.10 Å². The fraction of sp³-hybridized carbons (Fsp3) is 0.400. The Morgan fingerprint density at radius 3 is 2.54 bits per heavy atom. The molecule has 0 heterocycles. The highest BCUT2D eigenvalue weighted by molar-refractivity contribution is 7.89. The van der Waals surface area contributed by atoms with Gasteiger partial charge in [0.1, 0.15) is 5.69 Å². The number of nitrogens with zero attached hydrogens (tertiary/aromatic N) is 2. The van der Waals surface area contributed by atoms with Crippen LogP contribution in [-0.2, 0) is 10.0 Å². The van der Waals surface area contributed by atoms with Crippen molar-refractivity contribution in [3.8, 4) is 0 Å². The summed E-state index contributed by atoms with van der Waals surface area (Å²) in [6.07, 6.45) is 3.65. The van der Waals surface area contributed by atoms with Gasteiger partial charge in [0, 0.05) is 6.07 Å². The Balaban J connectivity index is 2.35. The maximum atomic E-state index is 11.3. The largest absolute Gasteiger partial charge is 0.295 e. The maximum Gasteiger partial charge on any atom is 0.295 e. The Kier molecular flexibility index (Phi) is 4.77. The van der Waals surface area contributed by atoms with E-state index in [1.165, 1.54) is 17.7 Å². The Hall–Kier alpha value is -2.26. The van der Waals surface area contributed by atoms with E-state index in [0.717, 1.165) is 24.6 Å². The molecule has 0 amide bonds. The number of rotatable bonds is 4. The lowest BCUT2D eigenvalue weighted by molar-refractivity contribution is -0.384. The lowest BCUT2D eigenvalue weighted by atomic mass is 9.77. The summed E-state index contributed by atoms with van der Waals surface area (Å²) < 4.78 is 22.7. The summed E-state index contributed by atoms with van der Waals surface area (Å²) in [6.45, 7) is 6.27. The minimum absolute atomic E-state index is 0.0722. The lowest BCUT2D eigenvalue weighted by Gasteiger charge is -2.29. The van der Waals surface area contributed by atoms with Gasteiger partial charge >= 0.3 is 0 Å². The summed E-state index contributed by atoms with van der Waals surface area (Å²) in [6, 6.07) is 3.41. The number of nitrogens with one attached hydrogen (secondary N) is 1. The molecule has 0 fully saturated rings. The first-order valence-electron chi connectivity index (χ1n) is 7.29. The molecule has 1 aromatic carbocycles. The van der Waals surface area contributed by atoms with E-state index in [9.17, 15) is 18.5 Å². The molecule has 0 atom stereocenters. The van der Waals surface area contributed by atoms with E-state index >= 15 is 0 Å². The average Bonchev–Trinajstić information content (AvgIpc) is 2.41. The molecule has 24 heavy (non-hydrogen) atoms. The van der Waals surface area contributed by atoms with Crippen molar-refractivity contribution in [1.82, 2.24) is 0 Å². The second-order valence-electron chi connectivity index (χ2n) is 6.70. The number of hydrogen-bond acceptors (Lipinski definition) is 6. The van der Waals surface area contributed by atoms with E-state index < -0.39 is 20.6 Å². The molecule has 1 aromatic rings. The number of hydrazone groups is 1. The number of sulfonamides is 1. The highest BCUT2D eigenvalue weighted by atomic mass is 32.2. The van der Waals surface area contributed by atoms with Crippen molar-refractivity contribution < 1.29 is 13.3 Å². The van der Waals surface area contributed by atoms with Crippen LogP contribution in [-0.4, -0.2) is 19.1 Å². The monoisotopic (exact) mass is 352 g/mol. The highest BCUT2D eigenvalue weighted by Crippen LogP contribution is 2.34. The Morgan fingerprint density at radius 1 is 1.33 bits per heavy atom. The third-order valence-corrected chi connectivity index (χ3v) is 4.56. The molecule has 9 heteroatoms. The average molecular weight is 352 g/mol. The van der Waals surface area contributed by atoms with Gasteiger partial charge < -0.3 is 0 Å². The fourth-order valence-electron chi connectivity index (χ4n) is 2.83. The zero-order chi connectivity index (χ0) is 18.1. The van der Waals surface area contributed by atoms with Crippen molar-refractivity contribution in [2.75, 3.05) is 5.43 Å². The first-order chi connectivity index (χ1) is 11.0. The van der Waals surface area contributed by atoms with Crippen LogP contribution in [0.15, 0.2) is 39.8 Å². The molecule has 0 unspecified atom stereocenters. The minimum atomic E-state index is -4.01. The quantitative estimate of drug-likeness (QED) is 0.636. The zero-order valence-corrected chi connectivity index (χ0v) is 14.6. The molecular formula is C15H20N4O4S. The van der Waals surface area contributed by atoms with Gasteiger partial charge in [0.05, 0.1) is 15.5 Å². The van der Waals surface area contributed by atoms with E-state index in [-0.39, 0.29) is 16.0 Å². The summed E-state index contributed by atoms with van der Waals surface area (Å²) >= 11 is 0. The number of benzene rings is 1. The molecule has 1 aliphatic carbocycles. The van der Waals surface area contributed by atoms with Crippen molar-refractivity contribution in [2.45, 2.75) is 38.5 Å². The first kappa shape index (κ1) is 18.1. The number of nitro groups is 1. The fourth-order valence-corrected chi connectivity index (χ4v) is 3.37. The number of anilines is 1. The van der Waals surface area contributed by atoms with Crippen LogP contribution in [0.1, 0.15) is 33.6 Å². The van der Waals surface area contributed by atoms with E-state index in [1.54, 1.807) is 0 Å². The number of nitro benzene ring substituents is 1. The first-order valence-corrected chi connectivity index (χ1v) is 8.84. The van der Waals surface area contributed by atoms with Gasteiger partial charge in [-0.1, -0.05) is 19.4 Å². The van der Waals surface area contributed by atoms with Crippen LogP contribution in [0, 0.1) is 15.5 Å². The second-order valence-corrected chi connectivity index (χ2v) is 8.27. The Morgan fingerprint density at radius 2 is 2.00 bits per heavy atom. The zero-order valence-electron chi connectivity index (χ0n) is 13.7. The standard InChI is InChI=1S/C15H20N4O4S/c1-10-6-11(9-15(2,3)8-10)17-18-13-5-4-12(24(16,22)23)7-14(13)19(20)21/h4-7,18H,8-9H2,1-3H3,(H2,16,22,23)/b17-11+. The predicted octanol–water partition coefficient (Wildman–Crippen LogP) is 2.78. The Labute approximate surface area is 140 Å². The molecule has 0 radical (unpaired) electrons. The van der Waals surface area contributed by atoms with Crippen LogP contribution in [0.25, 0.3) is 0 Å². The number of allylic oxidation sites excluding steroid dienone is 2. The van der Waals surface area contributed by atoms with Gasteiger partial charge in [0.2, 0.25) is 10.0 Å². The lowest BCUT2D eigenvalue weighted by Crippen LogP contribution is -2.22. The van der Waals surface area contributed by atoms with Gasteiger partial charge in [0.15, 0.2) is 0 Å². The van der Waals surface area contributed by atoms with Crippen LogP contribution in [0.5, 0.6) is 0 Å². The molecule has 8 nitrogen and oxygen atoms in total. The number of nitrogens with two attached hydrogens (primary N) is 1. The molecular weight excluding hydrogens is 332 g/mol. The van der Waals surface area contributed by atoms with Crippen molar-refractivity contribution in [1.29, 1.82) is 0 Å².